The van der Waals surface area contributed by atoms with Crippen molar-refractivity contribution in [3.8, 4) is 0 Å². The van der Waals surface area contributed by atoms with Crippen LogP contribution in [-0.4, -0.2) is 43.1 Å². The van der Waals surface area contributed by atoms with E-state index in [-0.39, 0.29) is 23.7 Å². The summed E-state index contributed by atoms with van der Waals surface area (Å²) in [5.74, 6) is -0.870. The topological polar surface area (TPSA) is 154 Å². The number of rotatable bonds is 5. The third kappa shape index (κ3) is 4.76. The van der Waals surface area contributed by atoms with E-state index in [1.54, 1.807) is 18.2 Å². The minimum atomic E-state index is -0.581. The quantitative estimate of drug-likeness (QED) is 0.305. The number of carbonyl (C=O) groups is 1. The molecule has 2 aromatic heterocycles. The number of fused-ring (bicyclic) bond motifs is 1. The maximum Gasteiger partial charge on any atom is 0.332 e. The van der Waals surface area contributed by atoms with Gasteiger partial charge in [-0.3, -0.25) is 24.0 Å². The summed E-state index contributed by atoms with van der Waals surface area (Å²) in [4.78, 5) is 44.6. The van der Waals surface area contributed by atoms with Crippen LogP contribution >= 0.6 is 23.2 Å². The average molecular weight is 478 g/mol. The molecule has 32 heavy (non-hydrogen) atoms. The normalized spacial score (nSPS) is 12.3. The van der Waals surface area contributed by atoms with E-state index in [2.05, 4.69) is 25.5 Å². The van der Waals surface area contributed by atoms with Gasteiger partial charge in [-0.1, -0.05) is 29.3 Å². The molecule has 0 radical (unpaired) electrons. The molecule has 3 aromatic rings. The van der Waals surface area contributed by atoms with Gasteiger partial charge in [-0.2, -0.15) is 0 Å². The second-order valence-electron chi connectivity index (χ2n) is 6.43. The van der Waals surface area contributed by atoms with E-state index in [0.717, 1.165) is 10.9 Å². The third-order valence-electron chi connectivity index (χ3n) is 4.29. The molecule has 12 nitrogen and oxygen atoms in total. The van der Waals surface area contributed by atoms with Crippen LogP contribution in [0.5, 0.6) is 0 Å². The van der Waals surface area contributed by atoms with E-state index in [9.17, 15) is 14.4 Å². The van der Waals surface area contributed by atoms with Crippen LogP contribution in [0.25, 0.3) is 11.2 Å². The van der Waals surface area contributed by atoms with E-state index < -0.39 is 17.2 Å². The van der Waals surface area contributed by atoms with Crippen molar-refractivity contribution in [1.29, 1.82) is 0 Å². The minimum absolute atomic E-state index is 0.103. The van der Waals surface area contributed by atoms with Crippen molar-refractivity contribution >= 4 is 58.8 Å². The van der Waals surface area contributed by atoms with Gasteiger partial charge in [0.25, 0.3) is 5.56 Å². The Kier molecular flexibility index (Phi) is 6.85. The molecule has 0 unspecified atom stereocenters. The molecule has 0 atom stereocenters. The van der Waals surface area contributed by atoms with Gasteiger partial charge in [0.15, 0.2) is 11.2 Å². The highest BCUT2D eigenvalue weighted by atomic mass is 35.5. The third-order valence-corrected chi connectivity index (χ3v) is 4.94. The van der Waals surface area contributed by atoms with Gasteiger partial charge in [-0.25, -0.2) is 14.8 Å². The van der Waals surface area contributed by atoms with Crippen LogP contribution < -0.4 is 22.3 Å². The predicted molar refractivity (Wildman–Crippen MR) is 123 cm³/mol. The van der Waals surface area contributed by atoms with Crippen molar-refractivity contribution in [1.82, 2.24) is 24.0 Å². The lowest BCUT2D eigenvalue weighted by Crippen LogP contribution is -2.40. The number of aromatic nitrogens is 4. The van der Waals surface area contributed by atoms with Gasteiger partial charge in [-0.15, -0.1) is 10.2 Å². The Hall–Kier alpha value is -3.77. The summed E-state index contributed by atoms with van der Waals surface area (Å²) in [7, 11) is 2.82. The maximum absolute atomic E-state index is 12.4. The molecule has 0 spiro atoms. The highest BCUT2D eigenvalue weighted by molar-refractivity contribution is 6.38. The number of guanidine groups is 1. The monoisotopic (exact) mass is 477 g/mol. The Morgan fingerprint density at radius 1 is 1.22 bits per heavy atom. The zero-order chi connectivity index (χ0) is 23.4. The van der Waals surface area contributed by atoms with Gasteiger partial charge in [-0.05, 0) is 12.1 Å². The molecule has 1 aromatic carbocycles. The molecule has 1 amide bonds. The predicted octanol–water partition coefficient (Wildman–Crippen LogP) is 0.234. The van der Waals surface area contributed by atoms with E-state index >= 15 is 0 Å². The highest BCUT2D eigenvalue weighted by Gasteiger charge is 2.16. The van der Waals surface area contributed by atoms with Crippen LogP contribution in [0.2, 0.25) is 10.0 Å². The first-order valence-corrected chi connectivity index (χ1v) is 9.69. The molecule has 3 rings (SSSR count). The lowest BCUT2D eigenvalue weighted by molar-refractivity contribution is -0.120. The van der Waals surface area contributed by atoms with Crippen molar-refractivity contribution in [2.24, 2.45) is 35.0 Å². The molecule has 0 saturated carbocycles. The largest absolute Gasteiger partial charge is 0.368 e. The first kappa shape index (κ1) is 22.9. The number of imidazole rings is 1. The average Bonchev–Trinajstić information content (AvgIpc) is 3.15. The lowest BCUT2D eigenvalue weighted by Gasteiger charge is -2.07. The molecule has 0 bridgehead atoms. The van der Waals surface area contributed by atoms with Gasteiger partial charge in [0.2, 0.25) is 11.9 Å². The first-order valence-electron chi connectivity index (χ1n) is 8.93. The zero-order valence-electron chi connectivity index (χ0n) is 16.9. The van der Waals surface area contributed by atoms with Crippen LogP contribution in [0, 0.1) is 0 Å². The second-order valence-corrected chi connectivity index (χ2v) is 7.24. The van der Waals surface area contributed by atoms with E-state index in [1.807, 2.05) is 0 Å². The van der Waals surface area contributed by atoms with Gasteiger partial charge in [0, 0.05) is 25.9 Å². The van der Waals surface area contributed by atoms with Crippen LogP contribution in [0.1, 0.15) is 5.56 Å². The van der Waals surface area contributed by atoms with Gasteiger partial charge in [0.1, 0.15) is 12.9 Å². The van der Waals surface area contributed by atoms with E-state index in [1.165, 1.54) is 35.8 Å². The number of nitrogens with zero attached hydrogens (tertiary/aromatic N) is 7. The molecule has 0 saturated heterocycles. The molecule has 3 N–H and O–H groups in total. The van der Waals surface area contributed by atoms with Crippen molar-refractivity contribution in [2.45, 2.75) is 6.54 Å². The van der Waals surface area contributed by atoms with E-state index in [4.69, 9.17) is 28.9 Å². The summed E-state index contributed by atoms with van der Waals surface area (Å²) in [6.07, 6.45) is 3.77. The number of aryl methyl sites for hydroxylation is 1. The van der Waals surface area contributed by atoms with Gasteiger partial charge < -0.3 is 10.3 Å². The number of nitrogens with two attached hydrogens (primary N) is 1. The zero-order valence-corrected chi connectivity index (χ0v) is 18.4. The van der Waals surface area contributed by atoms with Crippen molar-refractivity contribution in [3.05, 3.63) is 61.0 Å². The molecule has 0 aliphatic carbocycles. The fourth-order valence-electron chi connectivity index (χ4n) is 2.74. The van der Waals surface area contributed by atoms with Gasteiger partial charge >= 0.3 is 5.69 Å². The molecular weight excluding hydrogens is 461 g/mol. The molecule has 0 fully saturated rings. The van der Waals surface area contributed by atoms with Crippen molar-refractivity contribution < 1.29 is 4.79 Å². The fourth-order valence-corrected chi connectivity index (χ4v) is 3.23. The first-order chi connectivity index (χ1) is 15.2. The lowest BCUT2D eigenvalue weighted by atomic mass is 10.2. The molecule has 2 heterocycles. The Morgan fingerprint density at radius 3 is 2.59 bits per heavy atom. The summed E-state index contributed by atoms with van der Waals surface area (Å²) < 4.78 is 3.45. The number of hydrogen-bond donors (Lipinski definition) is 2. The number of carbonyl (C=O) groups excluding carboxylic acids is 1. The highest BCUT2D eigenvalue weighted by Crippen LogP contribution is 2.21. The Bertz CT molecular complexity index is 1380. The van der Waals surface area contributed by atoms with Crippen LogP contribution in [0.3, 0.4) is 0 Å². The summed E-state index contributed by atoms with van der Waals surface area (Å²) in [6.45, 7) is -0.285. The fraction of sp³-hybridized carbons (Fsp3) is 0.167. The Morgan fingerprint density at radius 2 is 1.91 bits per heavy atom. The summed E-state index contributed by atoms with van der Waals surface area (Å²) in [6, 6.07) is 5.03. The Labute approximate surface area is 190 Å². The number of nitrogens with one attached hydrogen (secondary N) is 1. The number of aliphatic imine (C=N–C) groups is 1. The number of benzene rings is 1. The number of hydrogen-bond acceptors (Lipinski definition) is 6. The van der Waals surface area contributed by atoms with Crippen LogP contribution in [-0.2, 0) is 25.4 Å². The van der Waals surface area contributed by atoms with Crippen LogP contribution in [0.4, 0.5) is 0 Å². The second kappa shape index (κ2) is 9.58. The Balaban J connectivity index is 1.67. The standard InChI is InChI=1S/C18H17Cl2N9O3/c1-27-15-14(16(31)28(2)18(27)32)29(9-23-15)7-13(30)25-17(21)26-24-8-22-6-10-11(19)4-3-5-12(10)20/h3-6,8-9H,7H2,1-2H3,(H3,21,25,26,30)/b22-6?,24-8+. The van der Waals surface area contributed by atoms with Crippen molar-refractivity contribution in [2.75, 3.05) is 0 Å². The van der Waals surface area contributed by atoms with E-state index in [0.29, 0.717) is 15.6 Å². The van der Waals surface area contributed by atoms with Crippen molar-refractivity contribution in [3.63, 3.8) is 0 Å². The molecule has 14 heteroatoms. The summed E-state index contributed by atoms with van der Waals surface area (Å²) in [5, 5.41) is 10.4. The minimum Gasteiger partial charge on any atom is -0.368 e. The smallest absolute Gasteiger partial charge is 0.332 e. The maximum atomic E-state index is 12.4. The SMILES string of the molecule is Cn1c(=O)c2c(ncn2CC(=O)NC(N)=N/N=C/N=Cc2c(Cl)cccc2Cl)n(C)c1=O. The molecular formula is C18H17Cl2N9O3. The molecule has 166 valence electrons. The number of amides is 1. The molecule has 0 aliphatic heterocycles. The molecule has 0 aliphatic rings. The summed E-state index contributed by atoms with van der Waals surface area (Å²) in [5.41, 5.74) is 5.32. The number of halogens is 2. The van der Waals surface area contributed by atoms with Gasteiger partial charge in [0.05, 0.1) is 16.4 Å². The summed E-state index contributed by atoms with van der Waals surface area (Å²) >= 11 is 12.0. The van der Waals surface area contributed by atoms with Crippen LogP contribution in [0.15, 0.2) is 49.3 Å².